The molecule has 0 N–H and O–H groups in total. The molecule has 1 unspecified atom stereocenters. The first-order valence-corrected chi connectivity index (χ1v) is 15.6. The summed E-state index contributed by atoms with van der Waals surface area (Å²) in [5, 5.41) is 0.660. The summed E-state index contributed by atoms with van der Waals surface area (Å²) in [6.07, 6.45) is 4.17. The highest BCUT2D eigenvalue weighted by molar-refractivity contribution is 7.07. The Hall–Kier alpha value is -4.40. The molecule has 9 heteroatoms. The molecule has 0 amide bonds. The van der Waals surface area contributed by atoms with Gasteiger partial charge >= 0.3 is 5.97 Å². The monoisotopic (exact) mass is 628 g/mol. The van der Waals surface area contributed by atoms with E-state index in [4.69, 9.17) is 25.8 Å². The summed E-state index contributed by atoms with van der Waals surface area (Å²) < 4.78 is 19.7. The summed E-state index contributed by atoms with van der Waals surface area (Å²) in [7, 11) is 0. The molecule has 0 radical (unpaired) electrons. The molecule has 1 aliphatic rings. The summed E-state index contributed by atoms with van der Waals surface area (Å²) in [5.74, 6) is 0.711. The Bertz CT molecular complexity index is 1890. The van der Waals surface area contributed by atoms with Crippen LogP contribution in [-0.4, -0.2) is 23.8 Å². The molecular formula is C35H33ClN2O5S. The molecular weight excluding hydrogens is 596 g/mol. The Kier molecular flexibility index (Phi) is 9.82. The zero-order valence-electron chi connectivity index (χ0n) is 24.8. The number of halogens is 1. The molecule has 2 heterocycles. The zero-order valence-corrected chi connectivity index (χ0v) is 26.4. The normalized spacial score (nSPS) is 14.5. The van der Waals surface area contributed by atoms with E-state index < -0.39 is 12.0 Å². The van der Waals surface area contributed by atoms with Crippen molar-refractivity contribution in [2.24, 2.45) is 4.99 Å². The molecule has 3 aromatic carbocycles. The highest BCUT2D eigenvalue weighted by Crippen LogP contribution is 2.35. The smallest absolute Gasteiger partial charge is 0.338 e. The fraction of sp³-hybridized carbons (Fsp3) is 0.229. The van der Waals surface area contributed by atoms with Crippen LogP contribution in [0.1, 0.15) is 49.1 Å². The van der Waals surface area contributed by atoms with E-state index in [1.165, 1.54) is 11.3 Å². The Labute approximate surface area is 265 Å². The van der Waals surface area contributed by atoms with Crippen LogP contribution in [0, 0.1) is 0 Å². The van der Waals surface area contributed by atoms with Crippen LogP contribution in [0.4, 0.5) is 0 Å². The number of aromatic nitrogens is 1. The summed E-state index contributed by atoms with van der Waals surface area (Å²) >= 11 is 7.32. The topological polar surface area (TPSA) is 79.1 Å². The SMILES string of the molecule is C=CCc1cc(C=c2sc3n(c2=O)C(c2ccccc2)C(C(=O)OCC)=C(C)N=3)cc(OCC)c1OCc1ccc(Cl)cc1. The van der Waals surface area contributed by atoms with Gasteiger partial charge < -0.3 is 14.2 Å². The third-order valence-corrected chi connectivity index (χ3v) is 8.28. The first-order chi connectivity index (χ1) is 21.3. The van der Waals surface area contributed by atoms with Crippen molar-refractivity contribution in [3.8, 4) is 11.5 Å². The maximum absolute atomic E-state index is 14.0. The van der Waals surface area contributed by atoms with E-state index in [1.807, 2.05) is 79.7 Å². The van der Waals surface area contributed by atoms with Crippen molar-refractivity contribution >= 4 is 35.0 Å². The minimum absolute atomic E-state index is 0.218. The lowest BCUT2D eigenvalue weighted by atomic mass is 9.96. The van der Waals surface area contributed by atoms with Gasteiger partial charge in [0.05, 0.1) is 35.1 Å². The number of thiazole rings is 1. The number of hydrogen-bond donors (Lipinski definition) is 0. The van der Waals surface area contributed by atoms with Gasteiger partial charge in [-0.2, -0.15) is 0 Å². The lowest BCUT2D eigenvalue weighted by molar-refractivity contribution is -0.139. The largest absolute Gasteiger partial charge is 0.490 e. The number of ether oxygens (including phenoxy) is 3. The Morgan fingerprint density at radius 1 is 1.07 bits per heavy atom. The van der Waals surface area contributed by atoms with Gasteiger partial charge in [0.2, 0.25) is 0 Å². The van der Waals surface area contributed by atoms with Crippen LogP contribution in [0.15, 0.2) is 100 Å². The number of esters is 1. The zero-order chi connectivity index (χ0) is 31.2. The van der Waals surface area contributed by atoms with E-state index in [9.17, 15) is 9.59 Å². The van der Waals surface area contributed by atoms with Gasteiger partial charge in [-0.15, -0.1) is 6.58 Å². The quantitative estimate of drug-likeness (QED) is 0.147. The van der Waals surface area contributed by atoms with Crippen LogP contribution < -0.4 is 24.4 Å². The predicted octanol–water partition coefficient (Wildman–Crippen LogP) is 6.16. The van der Waals surface area contributed by atoms with Crippen LogP contribution in [0.25, 0.3) is 6.08 Å². The molecule has 5 rings (SSSR count). The van der Waals surface area contributed by atoms with Crippen molar-refractivity contribution in [1.29, 1.82) is 0 Å². The first-order valence-electron chi connectivity index (χ1n) is 14.4. The molecule has 44 heavy (non-hydrogen) atoms. The van der Waals surface area contributed by atoms with Crippen LogP contribution in [0.3, 0.4) is 0 Å². The standard InChI is InChI=1S/C35H33ClN2O5S/c1-5-11-26-18-24(19-28(41-6-2)32(26)43-21-23-14-16-27(36)17-15-23)20-29-33(39)38-31(25-12-9-8-10-13-25)30(34(40)42-7-3)22(4)37-35(38)44-29/h5,8-10,12-20,31H,1,6-7,11,21H2,2-4H3. The fourth-order valence-electron chi connectivity index (χ4n) is 5.13. The molecule has 0 saturated carbocycles. The number of fused-ring (bicyclic) bond motifs is 1. The van der Waals surface area contributed by atoms with E-state index in [0.717, 1.165) is 22.3 Å². The van der Waals surface area contributed by atoms with Gasteiger partial charge in [0.1, 0.15) is 6.61 Å². The molecule has 4 aromatic rings. The van der Waals surface area contributed by atoms with Gasteiger partial charge in [-0.3, -0.25) is 9.36 Å². The summed E-state index contributed by atoms with van der Waals surface area (Å²) in [5.41, 5.74) is 4.05. The van der Waals surface area contributed by atoms with Crippen molar-refractivity contribution in [2.75, 3.05) is 13.2 Å². The van der Waals surface area contributed by atoms with E-state index in [1.54, 1.807) is 24.5 Å². The molecule has 0 fully saturated rings. The second kappa shape index (κ2) is 13.9. The van der Waals surface area contributed by atoms with E-state index >= 15 is 0 Å². The second-order valence-corrected chi connectivity index (χ2v) is 11.5. The predicted molar refractivity (Wildman–Crippen MR) is 174 cm³/mol. The van der Waals surface area contributed by atoms with E-state index in [2.05, 4.69) is 11.6 Å². The maximum atomic E-state index is 14.0. The average molecular weight is 629 g/mol. The summed E-state index contributed by atoms with van der Waals surface area (Å²) in [6, 6.07) is 20.1. The highest BCUT2D eigenvalue weighted by Gasteiger charge is 2.33. The number of hydrogen-bond acceptors (Lipinski definition) is 7. The number of benzene rings is 3. The van der Waals surface area contributed by atoms with E-state index in [0.29, 0.717) is 56.8 Å². The van der Waals surface area contributed by atoms with Crippen LogP contribution in [-0.2, 0) is 22.6 Å². The third kappa shape index (κ3) is 6.56. The van der Waals surface area contributed by atoms with Gasteiger partial charge in [-0.05, 0) is 74.2 Å². The van der Waals surface area contributed by atoms with Crippen LogP contribution >= 0.6 is 22.9 Å². The Morgan fingerprint density at radius 2 is 1.82 bits per heavy atom. The number of carbonyl (C=O) groups excluding carboxylic acids is 1. The van der Waals surface area contributed by atoms with Crippen LogP contribution in [0.5, 0.6) is 11.5 Å². The molecule has 226 valence electrons. The highest BCUT2D eigenvalue weighted by atomic mass is 35.5. The number of carbonyl (C=O) groups is 1. The van der Waals surface area contributed by atoms with Crippen molar-refractivity contribution in [1.82, 2.24) is 4.57 Å². The van der Waals surface area contributed by atoms with Crippen molar-refractivity contribution in [3.63, 3.8) is 0 Å². The molecule has 1 aliphatic heterocycles. The Balaban J connectivity index is 1.61. The average Bonchev–Trinajstić information content (AvgIpc) is 3.31. The van der Waals surface area contributed by atoms with Gasteiger partial charge in [0.25, 0.3) is 5.56 Å². The van der Waals surface area contributed by atoms with Gasteiger partial charge in [-0.25, -0.2) is 9.79 Å². The van der Waals surface area contributed by atoms with Gasteiger partial charge in [0, 0.05) is 10.6 Å². The Morgan fingerprint density at radius 3 is 2.50 bits per heavy atom. The number of rotatable bonds is 11. The minimum atomic E-state index is -0.660. The third-order valence-electron chi connectivity index (χ3n) is 7.04. The number of nitrogens with zero attached hydrogens (tertiary/aromatic N) is 2. The van der Waals surface area contributed by atoms with Crippen molar-refractivity contribution in [2.45, 2.75) is 39.8 Å². The molecule has 0 aliphatic carbocycles. The van der Waals surface area contributed by atoms with Crippen LogP contribution in [0.2, 0.25) is 5.02 Å². The van der Waals surface area contributed by atoms with Gasteiger partial charge in [0.15, 0.2) is 16.3 Å². The molecule has 0 spiro atoms. The van der Waals surface area contributed by atoms with Crippen molar-refractivity contribution < 1.29 is 19.0 Å². The maximum Gasteiger partial charge on any atom is 0.338 e. The summed E-state index contributed by atoms with van der Waals surface area (Å²) in [6.45, 7) is 10.4. The molecule has 0 saturated heterocycles. The first kappa shape index (κ1) is 31.0. The minimum Gasteiger partial charge on any atom is -0.490 e. The molecule has 1 atom stereocenters. The van der Waals surface area contributed by atoms with Crippen molar-refractivity contribution in [3.05, 3.63) is 138 Å². The number of allylic oxidation sites excluding steroid dienone is 2. The molecule has 1 aromatic heterocycles. The second-order valence-electron chi connectivity index (χ2n) is 10.1. The lowest BCUT2D eigenvalue weighted by Gasteiger charge is -2.24. The lowest BCUT2D eigenvalue weighted by Crippen LogP contribution is -2.39. The fourth-order valence-corrected chi connectivity index (χ4v) is 6.30. The van der Waals surface area contributed by atoms with E-state index in [-0.39, 0.29) is 12.2 Å². The summed E-state index contributed by atoms with van der Waals surface area (Å²) in [4.78, 5) is 32.3. The molecule has 7 nitrogen and oxygen atoms in total. The van der Waals surface area contributed by atoms with Gasteiger partial charge in [-0.1, -0.05) is 71.5 Å². The molecule has 0 bridgehead atoms.